The van der Waals surface area contributed by atoms with Gasteiger partial charge in [-0.1, -0.05) is 70.9 Å². The van der Waals surface area contributed by atoms with E-state index in [2.05, 4.69) is 91.8 Å². The van der Waals surface area contributed by atoms with Crippen LogP contribution in [0.25, 0.3) is 27.5 Å². The molecule has 0 aliphatic rings. The molecular formula is C26H30N2. The van der Waals surface area contributed by atoms with Crippen molar-refractivity contribution in [2.75, 3.05) is 0 Å². The summed E-state index contributed by atoms with van der Waals surface area (Å²) >= 11 is 0. The summed E-state index contributed by atoms with van der Waals surface area (Å²) in [6, 6.07) is 19.9. The van der Waals surface area contributed by atoms with Crippen molar-refractivity contribution in [1.82, 2.24) is 9.55 Å². The third-order valence-electron chi connectivity index (χ3n) is 6.70. The molecule has 0 aliphatic heterocycles. The second-order valence-corrected chi connectivity index (χ2v) is 8.46. The molecule has 0 aliphatic carbocycles. The van der Waals surface area contributed by atoms with Crippen molar-refractivity contribution in [2.45, 2.75) is 52.9 Å². The minimum absolute atomic E-state index is 0.427. The fourth-order valence-electron chi connectivity index (χ4n) is 4.44. The van der Waals surface area contributed by atoms with Crippen molar-refractivity contribution in [2.24, 2.45) is 5.41 Å². The van der Waals surface area contributed by atoms with Crippen LogP contribution in [0, 0.1) is 5.41 Å². The highest BCUT2D eigenvalue weighted by Crippen LogP contribution is 2.37. The van der Waals surface area contributed by atoms with Crippen LogP contribution in [0.4, 0.5) is 0 Å². The predicted molar refractivity (Wildman–Crippen MR) is 120 cm³/mol. The highest BCUT2D eigenvalue weighted by molar-refractivity contribution is 6.08. The molecule has 2 heteroatoms. The van der Waals surface area contributed by atoms with Crippen molar-refractivity contribution in [3.05, 3.63) is 72.6 Å². The molecule has 0 bridgehead atoms. The predicted octanol–water partition coefficient (Wildman–Crippen LogP) is 7.50. The van der Waals surface area contributed by atoms with Crippen LogP contribution in [0.5, 0.6) is 0 Å². The lowest BCUT2D eigenvalue weighted by Gasteiger charge is -2.30. The van der Waals surface area contributed by atoms with E-state index in [1.807, 2.05) is 12.4 Å². The first kappa shape index (κ1) is 18.7. The quantitative estimate of drug-likeness (QED) is 0.343. The van der Waals surface area contributed by atoms with Crippen molar-refractivity contribution < 1.29 is 0 Å². The summed E-state index contributed by atoms with van der Waals surface area (Å²) in [6.45, 7) is 9.41. The van der Waals surface area contributed by atoms with Crippen molar-refractivity contribution in [3.8, 4) is 5.69 Å². The van der Waals surface area contributed by atoms with Crippen LogP contribution in [-0.4, -0.2) is 9.55 Å². The van der Waals surface area contributed by atoms with Gasteiger partial charge in [0.25, 0.3) is 0 Å². The smallest absolute Gasteiger partial charge is 0.0724 e. The first-order valence-corrected chi connectivity index (χ1v) is 10.5. The Morgan fingerprint density at radius 3 is 2.29 bits per heavy atom. The fraction of sp³-hybridized carbons (Fsp3) is 0.346. The second-order valence-electron chi connectivity index (χ2n) is 8.46. The van der Waals surface area contributed by atoms with Crippen LogP contribution in [0.15, 0.2) is 67.0 Å². The first-order valence-electron chi connectivity index (χ1n) is 10.5. The molecule has 2 heterocycles. The maximum atomic E-state index is 4.38. The lowest BCUT2D eigenvalue weighted by molar-refractivity contribution is 0.255. The van der Waals surface area contributed by atoms with E-state index in [-0.39, 0.29) is 0 Å². The van der Waals surface area contributed by atoms with Crippen LogP contribution in [0.3, 0.4) is 0 Å². The number of benzene rings is 2. The van der Waals surface area contributed by atoms with Crippen LogP contribution < -0.4 is 0 Å². The van der Waals surface area contributed by atoms with Gasteiger partial charge in [0.1, 0.15) is 0 Å². The first-order chi connectivity index (χ1) is 13.6. The van der Waals surface area contributed by atoms with Gasteiger partial charge < -0.3 is 4.57 Å². The molecule has 28 heavy (non-hydrogen) atoms. The van der Waals surface area contributed by atoms with Gasteiger partial charge in [0.2, 0.25) is 0 Å². The minimum Gasteiger partial charge on any atom is -0.308 e. The summed E-state index contributed by atoms with van der Waals surface area (Å²) in [5.74, 6) is 0.568. The number of rotatable bonds is 6. The van der Waals surface area contributed by atoms with Crippen molar-refractivity contribution >= 4 is 21.8 Å². The Kier molecular flexibility index (Phi) is 4.97. The van der Waals surface area contributed by atoms with Gasteiger partial charge in [-0.05, 0) is 47.6 Å². The molecule has 0 saturated heterocycles. The third kappa shape index (κ3) is 3.22. The molecule has 2 aromatic heterocycles. The zero-order valence-electron chi connectivity index (χ0n) is 17.4. The molecule has 0 N–H and O–H groups in total. The summed E-state index contributed by atoms with van der Waals surface area (Å²) < 4.78 is 2.33. The Balaban J connectivity index is 1.73. The summed E-state index contributed by atoms with van der Waals surface area (Å²) in [7, 11) is 0. The molecule has 0 radical (unpaired) electrons. The molecule has 0 spiro atoms. The Morgan fingerprint density at radius 2 is 1.57 bits per heavy atom. The van der Waals surface area contributed by atoms with Gasteiger partial charge in [0, 0.05) is 22.7 Å². The minimum atomic E-state index is 0.427. The Morgan fingerprint density at radius 1 is 0.893 bits per heavy atom. The third-order valence-corrected chi connectivity index (χ3v) is 6.70. The van der Waals surface area contributed by atoms with Crippen LogP contribution in [0.2, 0.25) is 0 Å². The SMILES string of the molecule is CCC(C)(CC)CC(C)c1ccc(-n2c3ccccc3c3ccncc32)cc1. The van der Waals surface area contributed by atoms with Gasteiger partial charge in [-0.2, -0.15) is 0 Å². The molecule has 1 unspecified atom stereocenters. The number of aromatic nitrogens is 2. The molecule has 0 amide bonds. The van der Waals surface area contributed by atoms with Crippen LogP contribution in [0.1, 0.15) is 58.4 Å². The molecule has 0 fully saturated rings. The number of pyridine rings is 1. The molecule has 2 aromatic carbocycles. The zero-order chi connectivity index (χ0) is 19.7. The standard InChI is InChI=1S/C26H30N2/c1-5-26(4,6-2)17-19(3)20-11-13-21(14-12-20)28-24-10-8-7-9-22(24)23-15-16-27-18-25(23)28/h7-16,18-19H,5-6,17H2,1-4H3. The maximum Gasteiger partial charge on any atom is 0.0724 e. The Hall–Kier alpha value is -2.61. The average molecular weight is 371 g/mol. The molecule has 4 rings (SSSR count). The van der Waals surface area contributed by atoms with E-state index < -0.39 is 0 Å². The van der Waals surface area contributed by atoms with Crippen LogP contribution >= 0.6 is 0 Å². The summed E-state index contributed by atoms with van der Waals surface area (Å²) in [5, 5.41) is 2.53. The number of hydrogen-bond acceptors (Lipinski definition) is 1. The van der Waals surface area contributed by atoms with E-state index >= 15 is 0 Å². The molecule has 0 saturated carbocycles. The van der Waals surface area contributed by atoms with Gasteiger partial charge in [-0.25, -0.2) is 0 Å². The summed E-state index contributed by atoms with van der Waals surface area (Å²) in [6.07, 6.45) is 7.56. The zero-order valence-corrected chi connectivity index (χ0v) is 17.4. The maximum absolute atomic E-state index is 4.38. The second kappa shape index (κ2) is 7.43. The van der Waals surface area contributed by atoms with E-state index in [0.717, 1.165) is 5.52 Å². The molecule has 1 atom stereocenters. The van der Waals surface area contributed by atoms with Crippen molar-refractivity contribution in [1.29, 1.82) is 0 Å². The highest BCUT2D eigenvalue weighted by Gasteiger charge is 2.23. The Bertz CT molecular complexity index is 1030. The molecule has 2 nitrogen and oxygen atoms in total. The number of para-hydroxylation sites is 1. The number of fused-ring (bicyclic) bond motifs is 3. The van der Waals surface area contributed by atoms with E-state index in [4.69, 9.17) is 0 Å². The number of nitrogens with zero attached hydrogens (tertiary/aromatic N) is 2. The monoisotopic (exact) mass is 370 g/mol. The topological polar surface area (TPSA) is 17.8 Å². The average Bonchev–Trinajstić information content (AvgIpc) is 3.08. The molecular weight excluding hydrogens is 340 g/mol. The van der Waals surface area contributed by atoms with Gasteiger partial charge in [-0.15, -0.1) is 0 Å². The Labute approximate surface area is 168 Å². The van der Waals surface area contributed by atoms with Crippen LogP contribution in [-0.2, 0) is 0 Å². The lowest BCUT2D eigenvalue weighted by Crippen LogP contribution is -2.17. The summed E-state index contributed by atoms with van der Waals surface area (Å²) in [4.78, 5) is 4.38. The van der Waals surface area contributed by atoms with E-state index in [0.29, 0.717) is 11.3 Å². The van der Waals surface area contributed by atoms with E-state index in [9.17, 15) is 0 Å². The van der Waals surface area contributed by atoms with Gasteiger partial charge in [0.05, 0.1) is 17.2 Å². The van der Waals surface area contributed by atoms with Crippen molar-refractivity contribution in [3.63, 3.8) is 0 Å². The van der Waals surface area contributed by atoms with Gasteiger partial charge in [-0.3, -0.25) is 4.98 Å². The van der Waals surface area contributed by atoms with E-state index in [1.54, 1.807) is 0 Å². The van der Waals surface area contributed by atoms with Gasteiger partial charge >= 0.3 is 0 Å². The molecule has 4 aromatic rings. The fourth-order valence-corrected chi connectivity index (χ4v) is 4.44. The summed E-state index contributed by atoms with van der Waals surface area (Å²) in [5.41, 5.74) is 5.45. The molecule has 144 valence electrons. The largest absolute Gasteiger partial charge is 0.308 e. The normalized spacial score (nSPS) is 13.3. The van der Waals surface area contributed by atoms with E-state index in [1.165, 1.54) is 46.8 Å². The number of hydrogen-bond donors (Lipinski definition) is 0. The lowest BCUT2D eigenvalue weighted by atomic mass is 9.75. The highest BCUT2D eigenvalue weighted by atomic mass is 15.0. The van der Waals surface area contributed by atoms with Gasteiger partial charge in [0.15, 0.2) is 0 Å².